The Bertz CT molecular complexity index is 1270. The molecule has 170 valence electrons. The molecule has 0 unspecified atom stereocenters. The SMILES string of the molecule is Cc1ccc([C@H](C)NC(=O)COc2cc(C(F)F)c3c(-c4ccccc4)nn(C)c3n2)cc1. The molecule has 0 aliphatic rings. The third-order valence-corrected chi connectivity index (χ3v) is 5.39. The van der Waals surface area contributed by atoms with Gasteiger partial charge in [0.25, 0.3) is 12.3 Å². The first-order valence-electron chi connectivity index (χ1n) is 10.5. The third-order valence-electron chi connectivity index (χ3n) is 5.39. The van der Waals surface area contributed by atoms with Gasteiger partial charge in [0.15, 0.2) is 12.3 Å². The van der Waals surface area contributed by atoms with Crippen LogP contribution in [0.15, 0.2) is 60.7 Å². The summed E-state index contributed by atoms with van der Waals surface area (Å²) < 4.78 is 34.9. The van der Waals surface area contributed by atoms with Crippen molar-refractivity contribution < 1.29 is 18.3 Å². The zero-order valence-electron chi connectivity index (χ0n) is 18.5. The first-order chi connectivity index (χ1) is 15.8. The van der Waals surface area contributed by atoms with E-state index in [1.165, 1.54) is 10.7 Å². The highest BCUT2D eigenvalue weighted by Gasteiger charge is 2.23. The van der Waals surface area contributed by atoms with Crippen LogP contribution in [-0.2, 0) is 11.8 Å². The summed E-state index contributed by atoms with van der Waals surface area (Å²) in [5, 5.41) is 7.51. The number of halogens is 2. The van der Waals surface area contributed by atoms with Crippen molar-refractivity contribution in [3.05, 3.63) is 77.4 Å². The molecule has 0 aliphatic carbocycles. The van der Waals surface area contributed by atoms with Crippen LogP contribution in [0.25, 0.3) is 22.3 Å². The van der Waals surface area contributed by atoms with Crippen LogP contribution in [0.1, 0.15) is 36.1 Å². The zero-order valence-corrected chi connectivity index (χ0v) is 18.5. The van der Waals surface area contributed by atoms with E-state index in [0.29, 0.717) is 11.3 Å². The van der Waals surface area contributed by atoms with Gasteiger partial charge in [-0.3, -0.25) is 4.79 Å². The van der Waals surface area contributed by atoms with E-state index in [4.69, 9.17) is 4.74 Å². The van der Waals surface area contributed by atoms with Gasteiger partial charge in [-0.2, -0.15) is 10.1 Å². The molecule has 8 heteroatoms. The normalized spacial score (nSPS) is 12.2. The highest BCUT2D eigenvalue weighted by atomic mass is 19.3. The molecule has 0 spiro atoms. The smallest absolute Gasteiger partial charge is 0.264 e. The monoisotopic (exact) mass is 450 g/mol. The summed E-state index contributed by atoms with van der Waals surface area (Å²) in [5.74, 6) is -0.433. The molecule has 1 amide bonds. The number of amides is 1. The number of benzene rings is 2. The van der Waals surface area contributed by atoms with Crippen LogP contribution >= 0.6 is 0 Å². The molecule has 2 heterocycles. The van der Waals surface area contributed by atoms with Crippen molar-refractivity contribution in [2.75, 3.05) is 6.61 Å². The molecule has 0 saturated carbocycles. The summed E-state index contributed by atoms with van der Waals surface area (Å²) in [7, 11) is 1.64. The molecular weight excluding hydrogens is 426 g/mol. The number of pyridine rings is 1. The van der Waals surface area contributed by atoms with Crippen molar-refractivity contribution in [1.82, 2.24) is 20.1 Å². The van der Waals surface area contributed by atoms with Gasteiger partial charge in [-0.15, -0.1) is 0 Å². The van der Waals surface area contributed by atoms with Gasteiger partial charge < -0.3 is 10.1 Å². The van der Waals surface area contributed by atoms with E-state index in [1.54, 1.807) is 19.2 Å². The van der Waals surface area contributed by atoms with Gasteiger partial charge in [0.2, 0.25) is 5.88 Å². The minimum absolute atomic E-state index is 0.0569. The standard InChI is InChI=1S/C25H24F2N4O2/c1-15-9-11-17(12-10-15)16(2)28-20(32)14-33-21-13-19(24(26)27)22-23(18-7-5-4-6-8-18)30-31(3)25(22)29-21/h4-13,16,24H,14H2,1-3H3,(H,28,32)/t16-/m0/s1. The lowest BCUT2D eigenvalue weighted by atomic mass is 10.1. The fourth-order valence-electron chi connectivity index (χ4n) is 3.66. The molecule has 0 saturated heterocycles. The van der Waals surface area contributed by atoms with Gasteiger partial charge in [0, 0.05) is 24.2 Å². The molecular formula is C25H24F2N4O2. The molecule has 0 aliphatic heterocycles. The number of nitrogens with one attached hydrogen (secondary N) is 1. The highest BCUT2D eigenvalue weighted by molar-refractivity contribution is 5.94. The molecule has 0 fully saturated rings. The molecule has 6 nitrogen and oxygen atoms in total. The maximum atomic E-state index is 14.0. The van der Waals surface area contributed by atoms with Gasteiger partial charge in [0.05, 0.1) is 11.4 Å². The minimum atomic E-state index is -2.76. The van der Waals surface area contributed by atoms with Crippen LogP contribution in [0, 0.1) is 6.92 Å². The second-order valence-electron chi connectivity index (χ2n) is 7.88. The Balaban J connectivity index is 1.55. The van der Waals surface area contributed by atoms with Crippen LogP contribution < -0.4 is 10.1 Å². The second-order valence-corrected chi connectivity index (χ2v) is 7.88. The number of fused-ring (bicyclic) bond motifs is 1. The number of hydrogen-bond donors (Lipinski definition) is 1. The van der Waals surface area contributed by atoms with Crippen molar-refractivity contribution in [2.45, 2.75) is 26.3 Å². The Morgan fingerprint density at radius 3 is 2.48 bits per heavy atom. The van der Waals surface area contributed by atoms with E-state index in [2.05, 4.69) is 15.4 Å². The summed E-state index contributed by atoms with van der Waals surface area (Å²) in [5.41, 5.74) is 3.24. The summed E-state index contributed by atoms with van der Waals surface area (Å²) in [4.78, 5) is 16.7. The first kappa shape index (κ1) is 22.4. The molecule has 0 bridgehead atoms. The summed E-state index contributed by atoms with van der Waals surface area (Å²) >= 11 is 0. The second kappa shape index (κ2) is 9.36. The zero-order chi connectivity index (χ0) is 23.5. The van der Waals surface area contributed by atoms with E-state index in [0.717, 1.165) is 11.1 Å². The third kappa shape index (κ3) is 4.84. The maximum Gasteiger partial charge on any atom is 0.264 e. The number of aryl methyl sites for hydroxylation is 2. The number of hydrogen-bond acceptors (Lipinski definition) is 4. The summed E-state index contributed by atoms with van der Waals surface area (Å²) in [6.07, 6.45) is -2.76. The van der Waals surface area contributed by atoms with Crippen molar-refractivity contribution in [3.63, 3.8) is 0 Å². The lowest BCUT2D eigenvalue weighted by Gasteiger charge is -2.15. The number of nitrogens with zero attached hydrogens (tertiary/aromatic N) is 3. The summed E-state index contributed by atoms with van der Waals surface area (Å²) in [6, 6.07) is 17.9. The number of ether oxygens (including phenoxy) is 1. The molecule has 1 atom stereocenters. The summed E-state index contributed by atoms with van der Waals surface area (Å²) in [6.45, 7) is 3.51. The van der Waals surface area contributed by atoms with Crippen molar-refractivity contribution >= 4 is 16.9 Å². The Kier molecular flexibility index (Phi) is 6.35. The van der Waals surface area contributed by atoms with Gasteiger partial charge in [0.1, 0.15) is 5.69 Å². The largest absolute Gasteiger partial charge is 0.467 e. The van der Waals surface area contributed by atoms with E-state index >= 15 is 0 Å². The highest BCUT2D eigenvalue weighted by Crippen LogP contribution is 2.36. The quantitative estimate of drug-likeness (QED) is 0.423. The van der Waals surface area contributed by atoms with Gasteiger partial charge in [-0.1, -0.05) is 60.2 Å². The fraction of sp³-hybridized carbons (Fsp3) is 0.240. The maximum absolute atomic E-state index is 14.0. The first-order valence-corrected chi connectivity index (χ1v) is 10.5. The average molecular weight is 450 g/mol. The van der Waals surface area contributed by atoms with E-state index in [1.807, 2.05) is 56.3 Å². The molecule has 1 N–H and O–H groups in total. The van der Waals surface area contributed by atoms with Crippen LogP contribution in [0.4, 0.5) is 8.78 Å². The number of carbonyl (C=O) groups is 1. The van der Waals surface area contributed by atoms with E-state index in [9.17, 15) is 13.6 Å². The molecule has 33 heavy (non-hydrogen) atoms. The van der Waals surface area contributed by atoms with Crippen LogP contribution in [0.3, 0.4) is 0 Å². The lowest BCUT2D eigenvalue weighted by molar-refractivity contribution is -0.123. The van der Waals surface area contributed by atoms with E-state index in [-0.39, 0.29) is 41.0 Å². The molecule has 4 rings (SSSR count). The predicted octanol–water partition coefficient (Wildman–Crippen LogP) is 5.14. The van der Waals surface area contributed by atoms with Crippen molar-refractivity contribution in [1.29, 1.82) is 0 Å². The Morgan fingerprint density at radius 1 is 1.12 bits per heavy atom. The van der Waals surface area contributed by atoms with Gasteiger partial charge in [-0.05, 0) is 19.4 Å². The van der Waals surface area contributed by atoms with E-state index < -0.39 is 6.43 Å². The van der Waals surface area contributed by atoms with Crippen molar-refractivity contribution in [3.8, 4) is 17.1 Å². The Morgan fingerprint density at radius 2 is 1.82 bits per heavy atom. The topological polar surface area (TPSA) is 69.0 Å². The number of alkyl halides is 2. The molecule has 4 aromatic rings. The minimum Gasteiger partial charge on any atom is -0.467 e. The number of carbonyl (C=O) groups excluding carboxylic acids is 1. The Labute approximate surface area is 190 Å². The van der Waals surface area contributed by atoms with Gasteiger partial charge in [-0.25, -0.2) is 13.5 Å². The Hall–Kier alpha value is -3.81. The molecule has 2 aromatic carbocycles. The van der Waals surface area contributed by atoms with Crippen LogP contribution in [0.5, 0.6) is 5.88 Å². The molecule has 2 aromatic heterocycles. The fourth-order valence-corrected chi connectivity index (χ4v) is 3.66. The average Bonchev–Trinajstić information content (AvgIpc) is 3.14. The van der Waals surface area contributed by atoms with Crippen LogP contribution in [-0.4, -0.2) is 27.3 Å². The predicted molar refractivity (Wildman–Crippen MR) is 122 cm³/mol. The number of aromatic nitrogens is 3. The molecule has 0 radical (unpaired) electrons. The van der Waals surface area contributed by atoms with Gasteiger partial charge >= 0.3 is 0 Å². The van der Waals surface area contributed by atoms with Crippen molar-refractivity contribution in [2.24, 2.45) is 7.05 Å². The van der Waals surface area contributed by atoms with Crippen LogP contribution in [0.2, 0.25) is 0 Å². The lowest BCUT2D eigenvalue weighted by Crippen LogP contribution is -2.31. The number of rotatable bonds is 7.